The van der Waals surface area contributed by atoms with Gasteiger partial charge in [0.2, 0.25) is 0 Å². The molecule has 4 rings (SSSR count). The minimum Gasteiger partial charge on any atom is -0.476 e. The number of carbonyl (C=O) groups excluding carboxylic acids is 2. The Morgan fingerprint density at radius 1 is 1.32 bits per heavy atom. The maximum absolute atomic E-state index is 12.8. The fourth-order valence-electron chi connectivity index (χ4n) is 3.32. The van der Waals surface area contributed by atoms with E-state index in [1.165, 1.54) is 0 Å². The van der Waals surface area contributed by atoms with Crippen LogP contribution in [0.1, 0.15) is 41.7 Å². The molecule has 1 aliphatic rings. The lowest BCUT2D eigenvalue weighted by atomic mass is 10.0. The highest BCUT2D eigenvalue weighted by Gasteiger charge is 2.36. The monoisotopic (exact) mass is 461 g/mol. The van der Waals surface area contributed by atoms with Gasteiger partial charge in [-0.05, 0) is 61.0 Å². The molecule has 2 aromatic heterocycles. The van der Waals surface area contributed by atoms with Crippen LogP contribution in [-0.4, -0.2) is 28.9 Å². The largest absolute Gasteiger partial charge is 0.476 e. The van der Waals surface area contributed by atoms with Gasteiger partial charge in [-0.15, -0.1) is 11.3 Å². The number of hydrogen-bond acceptors (Lipinski definition) is 4. The molecular weight excluding hydrogens is 442 g/mol. The first-order chi connectivity index (χ1) is 13.3. The molecule has 0 unspecified atom stereocenters. The number of amides is 2. The molecule has 0 atom stereocenters. The van der Waals surface area contributed by atoms with E-state index in [2.05, 4.69) is 31.5 Å². The molecule has 0 bridgehead atoms. The predicted octanol–water partition coefficient (Wildman–Crippen LogP) is 4.44. The van der Waals surface area contributed by atoms with Crippen molar-refractivity contribution in [3.05, 3.63) is 44.2 Å². The van der Waals surface area contributed by atoms with Crippen molar-refractivity contribution < 1.29 is 14.3 Å². The van der Waals surface area contributed by atoms with Crippen LogP contribution in [0, 0.1) is 0 Å². The van der Waals surface area contributed by atoms with Crippen molar-refractivity contribution in [3.63, 3.8) is 0 Å². The number of hydrogen-bond donors (Lipinski definition) is 3. The number of anilines is 1. The number of rotatable bonds is 4. The summed E-state index contributed by atoms with van der Waals surface area (Å²) in [5.41, 5.74) is 1.88. The van der Waals surface area contributed by atoms with Crippen LogP contribution in [0.25, 0.3) is 10.9 Å². The van der Waals surface area contributed by atoms with E-state index in [-0.39, 0.29) is 11.8 Å². The van der Waals surface area contributed by atoms with E-state index in [0.717, 1.165) is 25.3 Å². The van der Waals surface area contributed by atoms with E-state index in [1.54, 1.807) is 25.2 Å². The SMILES string of the molecule is CCNC(=O)c1c(Cc2ccc(Br)s2)[nH]c2cc3c(cc12)OC(C)(C)C(=O)N3. The van der Waals surface area contributed by atoms with Crippen molar-refractivity contribution in [2.75, 3.05) is 11.9 Å². The molecule has 0 aliphatic carbocycles. The summed E-state index contributed by atoms with van der Waals surface area (Å²) in [5, 5.41) is 6.57. The average molecular weight is 462 g/mol. The highest BCUT2D eigenvalue weighted by atomic mass is 79.9. The number of nitrogens with one attached hydrogen (secondary N) is 3. The zero-order valence-corrected chi connectivity index (χ0v) is 18.1. The lowest BCUT2D eigenvalue weighted by Gasteiger charge is -2.31. The smallest absolute Gasteiger partial charge is 0.268 e. The van der Waals surface area contributed by atoms with Crippen LogP contribution in [0.3, 0.4) is 0 Å². The van der Waals surface area contributed by atoms with E-state index in [9.17, 15) is 9.59 Å². The normalized spacial score (nSPS) is 15.1. The highest BCUT2D eigenvalue weighted by molar-refractivity contribution is 9.11. The van der Waals surface area contributed by atoms with Crippen LogP contribution < -0.4 is 15.4 Å². The number of aromatic nitrogens is 1. The van der Waals surface area contributed by atoms with Gasteiger partial charge in [0.25, 0.3) is 11.8 Å². The predicted molar refractivity (Wildman–Crippen MR) is 114 cm³/mol. The maximum atomic E-state index is 12.8. The number of aromatic amines is 1. The average Bonchev–Trinajstić information content (AvgIpc) is 3.17. The Labute approximate surface area is 174 Å². The van der Waals surface area contributed by atoms with Crippen LogP contribution in [0.15, 0.2) is 28.1 Å². The number of ether oxygens (including phenoxy) is 1. The third kappa shape index (κ3) is 3.31. The zero-order chi connectivity index (χ0) is 20.1. The van der Waals surface area contributed by atoms with Crippen molar-refractivity contribution in [3.8, 4) is 5.75 Å². The second-order valence-corrected chi connectivity index (χ2v) is 9.73. The van der Waals surface area contributed by atoms with Crippen LogP contribution in [0.5, 0.6) is 5.75 Å². The summed E-state index contributed by atoms with van der Waals surface area (Å²) in [5.74, 6) is 0.240. The fourth-order valence-corrected chi connectivity index (χ4v) is 4.81. The molecule has 6 nitrogen and oxygen atoms in total. The van der Waals surface area contributed by atoms with Crippen LogP contribution in [0.2, 0.25) is 0 Å². The molecule has 146 valence electrons. The summed E-state index contributed by atoms with van der Waals surface area (Å²) in [4.78, 5) is 29.6. The van der Waals surface area contributed by atoms with Crippen molar-refractivity contribution in [1.82, 2.24) is 10.3 Å². The number of H-pyrrole nitrogens is 1. The summed E-state index contributed by atoms with van der Waals surface area (Å²) in [7, 11) is 0. The quantitative estimate of drug-likeness (QED) is 0.536. The van der Waals surface area contributed by atoms with Gasteiger partial charge in [-0.3, -0.25) is 9.59 Å². The summed E-state index contributed by atoms with van der Waals surface area (Å²) in [6.07, 6.45) is 0.612. The first kappa shape index (κ1) is 19.0. The van der Waals surface area contributed by atoms with Crippen molar-refractivity contribution >= 4 is 55.7 Å². The molecule has 0 radical (unpaired) electrons. The van der Waals surface area contributed by atoms with Crippen molar-refractivity contribution in [2.45, 2.75) is 32.8 Å². The minimum atomic E-state index is -0.963. The van der Waals surface area contributed by atoms with Crippen molar-refractivity contribution in [2.24, 2.45) is 0 Å². The van der Waals surface area contributed by atoms with Gasteiger partial charge in [-0.25, -0.2) is 0 Å². The Morgan fingerprint density at radius 2 is 2.11 bits per heavy atom. The Balaban J connectivity index is 1.85. The Hall–Kier alpha value is -2.32. The maximum Gasteiger partial charge on any atom is 0.268 e. The molecule has 0 spiro atoms. The molecule has 3 N–H and O–H groups in total. The van der Waals surface area contributed by atoms with E-state index in [0.29, 0.717) is 30.0 Å². The second-order valence-electron chi connectivity index (χ2n) is 7.18. The van der Waals surface area contributed by atoms with Crippen LogP contribution in [0.4, 0.5) is 5.69 Å². The standard InChI is InChI=1S/C20H20BrN3O3S/c1-4-22-18(25)17-11-8-15-13(24-19(26)20(2,3)27-15)9-12(11)23-14(17)7-10-5-6-16(21)28-10/h5-6,8-9,23H,4,7H2,1-3H3,(H,22,25)(H,24,26). The first-order valence-corrected chi connectivity index (χ1v) is 10.6. The molecule has 0 fully saturated rings. The fraction of sp³-hybridized carbons (Fsp3) is 0.300. The Bertz CT molecular complexity index is 1100. The van der Waals surface area contributed by atoms with E-state index in [4.69, 9.17) is 4.74 Å². The van der Waals surface area contributed by atoms with Crippen LogP contribution in [-0.2, 0) is 11.2 Å². The van der Waals surface area contributed by atoms with Gasteiger partial charge in [0.1, 0.15) is 5.75 Å². The van der Waals surface area contributed by atoms with Gasteiger partial charge in [0.15, 0.2) is 5.60 Å². The molecular formula is C20H20BrN3O3S. The molecule has 8 heteroatoms. The van der Waals surface area contributed by atoms with Gasteiger partial charge in [-0.2, -0.15) is 0 Å². The minimum absolute atomic E-state index is 0.126. The second kappa shape index (κ2) is 6.93. The summed E-state index contributed by atoms with van der Waals surface area (Å²) < 4.78 is 6.95. The lowest BCUT2D eigenvalue weighted by molar-refractivity contribution is -0.129. The van der Waals surface area contributed by atoms with E-state index in [1.807, 2.05) is 31.2 Å². The lowest BCUT2D eigenvalue weighted by Crippen LogP contribution is -2.45. The third-order valence-electron chi connectivity index (χ3n) is 4.68. The molecule has 1 aromatic carbocycles. The molecule has 3 aromatic rings. The van der Waals surface area contributed by atoms with Gasteiger partial charge >= 0.3 is 0 Å². The van der Waals surface area contributed by atoms with Crippen LogP contribution >= 0.6 is 27.3 Å². The summed E-state index contributed by atoms with van der Waals surface area (Å²) in [6, 6.07) is 7.70. The molecule has 0 saturated carbocycles. The van der Waals surface area contributed by atoms with Gasteiger partial charge in [0.05, 0.1) is 15.0 Å². The van der Waals surface area contributed by atoms with E-state index < -0.39 is 5.60 Å². The zero-order valence-electron chi connectivity index (χ0n) is 15.7. The third-order valence-corrected chi connectivity index (χ3v) is 6.30. The number of fused-ring (bicyclic) bond motifs is 2. The van der Waals surface area contributed by atoms with Gasteiger partial charge < -0.3 is 20.4 Å². The number of halogens is 1. The summed E-state index contributed by atoms with van der Waals surface area (Å²) in [6.45, 7) is 5.88. The molecule has 2 amide bonds. The molecule has 0 saturated heterocycles. The molecule has 1 aliphatic heterocycles. The van der Waals surface area contributed by atoms with Crippen molar-refractivity contribution in [1.29, 1.82) is 0 Å². The highest BCUT2D eigenvalue weighted by Crippen LogP contribution is 2.39. The van der Waals surface area contributed by atoms with E-state index >= 15 is 0 Å². The molecule has 28 heavy (non-hydrogen) atoms. The number of carbonyl (C=O) groups is 2. The topological polar surface area (TPSA) is 83.2 Å². The molecule has 3 heterocycles. The Kier molecular flexibility index (Phi) is 4.71. The Morgan fingerprint density at radius 3 is 2.79 bits per heavy atom. The number of thiophene rings is 1. The van der Waals surface area contributed by atoms with Gasteiger partial charge in [0, 0.05) is 34.4 Å². The van der Waals surface area contributed by atoms with Gasteiger partial charge in [-0.1, -0.05) is 0 Å². The summed E-state index contributed by atoms with van der Waals surface area (Å²) >= 11 is 5.12. The number of benzene rings is 1. The first-order valence-electron chi connectivity index (χ1n) is 9.00.